The summed E-state index contributed by atoms with van der Waals surface area (Å²) in [5.74, 6) is -0.0926. The second-order valence-electron chi connectivity index (χ2n) is 5.32. The zero-order valence-electron chi connectivity index (χ0n) is 12.0. The molecule has 1 aliphatic heterocycles. The molecule has 2 rings (SSSR count). The minimum atomic E-state index is -0.374. The molecule has 108 valence electrons. The number of nitrogens with zero attached hydrogens (tertiary/aromatic N) is 2. The minimum absolute atomic E-state index is 0.0169. The summed E-state index contributed by atoms with van der Waals surface area (Å²) in [4.78, 5) is 27.7. The monoisotopic (exact) mass is 275 g/mol. The van der Waals surface area contributed by atoms with E-state index in [0.29, 0.717) is 13.0 Å². The fourth-order valence-electron chi connectivity index (χ4n) is 2.48. The van der Waals surface area contributed by atoms with E-state index in [2.05, 4.69) is 0 Å². The zero-order chi connectivity index (χ0) is 14.7. The molecular formula is C15H21N3O2. The fraction of sp³-hybridized carbons (Fsp3) is 0.467. The standard InChI is InChI=1S/C15H21N3O2/c1-11(16)10-14(19)17(2)13-8-9-18(15(13)20)12-6-4-3-5-7-12/h3-7,11,13H,8-10,16H2,1-2H3. The van der Waals surface area contributed by atoms with E-state index in [9.17, 15) is 9.59 Å². The first-order chi connectivity index (χ1) is 9.50. The number of carbonyl (C=O) groups excluding carboxylic acids is 2. The van der Waals surface area contributed by atoms with E-state index in [1.807, 2.05) is 30.3 Å². The topological polar surface area (TPSA) is 66.6 Å². The Balaban J connectivity index is 2.06. The highest BCUT2D eigenvalue weighted by molar-refractivity contribution is 6.01. The number of para-hydroxylation sites is 1. The second-order valence-corrected chi connectivity index (χ2v) is 5.32. The molecule has 5 nitrogen and oxygen atoms in total. The highest BCUT2D eigenvalue weighted by atomic mass is 16.2. The van der Waals surface area contributed by atoms with E-state index in [-0.39, 0.29) is 30.3 Å². The van der Waals surface area contributed by atoms with Gasteiger partial charge in [0.2, 0.25) is 11.8 Å². The van der Waals surface area contributed by atoms with E-state index in [0.717, 1.165) is 5.69 Å². The number of benzene rings is 1. The van der Waals surface area contributed by atoms with Crippen LogP contribution < -0.4 is 10.6 Å². The van der Waals surface area contributed by atoms with Crippen molar-refractivity contribution in [1.82, 2.24) is 4.90 Å². The molecule has 0 radical (unpaired) electrons. The molecule has 0 aliphatic carbocycles. The van der Waals surface area contributed by atoms with Gasteiger partial charge in [-0.3, -0.25) is 9.59 Å². The lowest BCUT2D eigenvalue weighted by atomic mass is 10.1. The van der Waals surface area contributed by atoms with E-state index in [1.54, 1.807) is 18.9 Å². The first kappa shape index (κ1) is 14.5. The maximum absolute atomic E-state index is 12.4. The van der Waals surface area contributed by atoms with Crippen LogP contribution in [0.4, 0.5) is 5.69 Å². The number of likely N-dealkylation sites (N-methyl/N-ethyl adjacent to an activating group) is 1. The van der Waals surface area contributed by atoms with Crippen LogP contribution in [-0.4, -0.2) is 42.4 Å². The predicted molar refractivity (Wildman–Crippen MR) is 78.2 cm³/mol. The van der Waals surface area contributed by atoms with Crippen LogP contribution in [0.5, 0.6) is 0 Å². The molecule has 0 bridgehead atoms. The molecule has 1 aromatic rings. The molecule has 1 aliphatic rings. The summed E-state index contributed by atoms with van der Waals surface area (Å²) in [7, 11) is 1.68. The predicted octanol–water partition coefficient (Wildman–Crippen LogP) is 0.988. The van der Waals surface area contributed by atoms with Crippen molar-refractivity contribution in [3.05, 3.63) is 30.3 Å². The average Bonchev–Trinajstić information content (AvgIpc) is 2.80. The smallest absolute Gasteiger partial charge is 0.249 e. The quantitative estimate of drug-likeness (QED) is 0.891. The fourth-order valence-corrected chi connectivity index (χ4v) is 2.48. The van der Waals surface area contributed by atoms with Crippen molar-refractivity contribution in [2.24, 2.45) is 5.73 Å². The van der Waals surface area contributed by atoms with Gasteiger partial charge in [0.25, 0.3) is 0 Å². The number of carbonyl (C=O) groups is 2. The normalized spacial score (nSPS) is 20.1. The third-order valence-corrected chi connectivity index (χ3v) is 3.60. The summed E-state index contributed by atoms with van der Waals surface area (Å²) in [6.07, 6.45) is 0.931. The number of nitrogens with two attached hydrogens (primary N) is 1. The summed E-state index contributed by atoms with van der Waals surface area (Å²) in [5, 5.41) is 0. The number of hydrogen-bond donors (Lipinski definition) is 1. The molecule has 2 N–H and O–H groups in total. The molecule has 1 heterocycles. The van der Waals surface area contributed by atoms with Crippen LogP contribution in [0.1, 0.15) is 19.8 Å². The van der Waals surface area contributed by atoms with Gasteiger partial charge in [0.1, 0.15) is 6.04 Å². The molecule has 0 saturated carbocycles. The van der Waals surface area contributed by atoms with Gasteiger partial charge in [-0.1, -0.05) is 18.2 Å². The highest BCUT2D eigenvalue weighted by Gasteiger charge is 2.36. The first-order valence-electron chi connectivity index (χ1n) is 6.88. The second kappa shape index (κ2) is 6.05. The van der Waals surface area contributed by atoms with Gasteiger partial charge in [0, 0.05) is 31.7 Å². The summed E-state index contributed by atoms with van der Waals surface area (Å²) >= 11 is 0. The average molecular weight is 275 g/mol. The molecule has 2 unspecified atom stereocenters. The van der Waals surface area contributed by atoms with Crippen molar-refractivity contribution in [2.45, 2.75) is 31.8 Å². The molecule has 2 amide bonds. The van der Waals surface area contributed by atoms with Crippen molar-refractivity contribution in [1.29, 1.82) is 0 Å². The number of anilines is 1. The van der Waals surface area contributed by atoms with E-state index < -0.39 is 0 Å². The van der Waals surface area contributed by atoms with Crippen LogP contribution >= 0.6 is 0 Å². The largest absolute Gasteiger partial charge is 0.334 e. The lowest BCUT2D eigenvalue weighted by Gasteiger charge is -2.24. The Bertz CT molecular complexity index is 487. The Labute approximate surface area is 119 Å². The Morgan fingerprint density at radius 1 is 1.45 bits per heavy atom. The maximum Gasteiger partial charge on any atom is 0.249 e. The molecule has 20 heavy (non-hydrogen) atoms. The summed E-state index contributed by atoms with van der Waals surface area (Å²) in [5.41, 5.74) is 6.52. The Morgan fingerprint density at radius 3 is 2.70 bits per heavy atom. The van der Waals surface area contributed by atoms with Crippen LogP contribution in [0.2, 0.25) is 0 Å². The van der Waals surface area contributed by atoms with Crippen LogP contribution in [0.3, 0.4) is 0 Å². The SMILES string of the molecule is CC(N)CC(=O)N(C)C1CCN(c2ccccc2)C1=O. The van der Waals surface area contributed by atoms with Gasteiger partial charge in [-0.2, -0.15) is 0 Å². The van der Waals surface area contributed by atoms with Crippen LogP contribution in [-0.2, 0) is 9.59 Å². The van der Waals surface area contributed by atoms with Crippen molar-refractivity contribution in [3.63, 3.8) is 0 Å². The Morgan fingerprint density at radius 2 is 2.10 bits per heavy atom. The lowest BCUT2D eigenvalue weighted by molar-refractivity contribution is -0.136. The Hall–Kier alpha value is -1.88. The van der Waals surface area contributed by atoms with Crippen molar-refractivity contribution in [2.75, 3.05) is 18.5 Å². The lowest BCUT2D eigenvalue weighted by Crippen LogP contribution is -2.44. The van der Waals surface area contributed by atoms with Crippen molar-refractivity contribution < 1.29 is 9.59 Å². The molecule has 1 saturated heterocycles. The highest BCUT2D eigenvalue weighted by Crippen LogP contribution is 2.23. The number of rotatable bonds is 4. The van der Waals surface area contributed by atoms with Gasteiger partial charge in [0.05, 0.1) is 0 Å². The molecule has 1 aromatic carbocycles. The first-order valence-corrected chi connectivity index (χ1v) is 6.88. The molecule has 5 heteroatoms. The van der Waals surface area contributed by atoms with Crippen molar-refractivity contribution in [3.8, 4) is 0 Å². The summed E-state index contributed by atoms with van der Waals surface area (Å²) in [6, 6.07) is 8.98. The van der Waals surface area contributed by atoms with Crippen LogP contribution in [0.15, 0.2) is 30.3 Å². The number of hydrogen-bond acceptors (Lipinski definition) is 3. The zero-order valence-corrected chi connectivity index (χ0v) is 12.0. The third kappa shape index (κ3) is 2.99. The number of amides is 2. The van der Waals surface area contributed by atoms with Gasteiger partial charge in [-0.15, -0.1) is 0 Å². The molecule has 0 spiro atoms. The van der Waals surface area contributed by atoms with Gasteiger partial charge in [-0.25, -0.2) is 0 Å². The van der Waals surface area contributed by atoms with Crippen LogP contribution in [0, 0.1) is 0 Å². The summed E-state index contributed by atoms with van der Waals surface area (Å²) < 4.78 is 0. The van der Waals surface area contributed by atoms with Gasteiger partial charge < -0.3 is 15.5 Å². The van der Waals surface area contributed by atoms with Crippen molar-refractivity contribution >= 4 is 17.5 Å². The molecule has 0 aromatic heterocycles. The van der Waals surface area contributed by atoms with Gasteiger partial charge in [0.15, 0.2) is 0 Å². The maximum atomic E-state index is 12.4. The van der Waals surface area contributed by atoms with E-state index in [1.165, 1.54) is 4.90 Å². The molecular weight excluding hydrogens is 254 g/mol. The van der Waals surface area contributed by atoms with Gasteiger partial charge >= 0.3 is 0 Å². The van der Waals surface area contributed by atoms with Gasteiger partial charge in [-0.05, 0) is 25.5 Å². The molecule has 1 fully saturated rings. The summed E-state index contributed by atoms with van der Waals surface area (Å²) in [6.45, 7) is 2.43. The molecule has 2 atom stereocenters. The minimum Gasteiger partial charge on any atom is -0.334 e. The Kier molecular flexibility index (Phi) is 4.39. The third-order valence-electron chi connectivity index (χ3n) is 3.60. The van der Waals surface area contributed by atoms with Crippen LogP contribution in [0.25, 0.3) is 0 Å². The van der Waals surface area contributed by atoms with E-state index >= 15 is 0 Å². The van der Waals surface area contributed by atoms with E-state index in [4.69, 9.17) is 5.73 Å².